The predicted molar refractivity (Wildman–Crippen MR) is 170 cm³/mol. The van der Waals surface area contributed by atoms with Crippen molar-refractivity contribution in [1.29, 1.82) is 0 Å². The number of benzene rings is 4. The Kier molecular flexibility index (Phi) is 9.26. The minimum Gasteiger partial charge on any atom is -0.435 e. The molecule has 1 aliphatic heterocycles. The van der Waals surface area contributed by atoms with Crippen molar-refractivity contribution in [3.63, 3.8) is 0 Å². The summed E-state index contributed by atoms with van der Waals surface area (Å²) in [5.41, 5.74) is 5.11. The molecule has 2 heterocycles. The Bertz CT molecular complexity index is 1940. The molecule has 6 rings (SSSR count). The molecule has 1 saturated heterocycles. The van der Waals surface area contributed by atoms with Gasteiger partial charge in [0.1, 0.15) is 5.75 Å². The maximum atomic E-state index is 13.1. The molecule has 0 saturated carbocycles. The number of thiazole rings is 1. The number of ether oxygens (including phenoxy) is 2. The highest BCUT2D eigenvalue weighted by Gasteiger charge is 2.26. The number of morpholine rings is 1. The van der Waals surface area contributed by atoms with Crippen LogP contribution in [0.15, 0.2) is 123 Å². The summed E-state index contributed by atoms with van der Waals surface area (Å²) in [6, 6.07) is 30.8. The van der Waals surface area contributed by atoms with Crippen LogP contribution in [0.4, 0.5) is 14.5 Å². The molecule has 230 valence electrons. The molecular formula is C33H28F2N4O4S2. The van der Waals surface area contributed by atoms with Crippen LogP contribution in [-0.2, 0) is 14.8 Å². The molecule has 0 atom stereocenters. The van der Waals surface area contributed by atoms with Gasteiger partial charge in [-0.25, -0.2) is 18.1 Å². The summed E-state index contributed by atoms with van der Waals surface area (Å²) >= 11 is 1.38. The van der Waals surface area contributed by atoms with Gasteiger partial charge in [-0.3, -0.25) is 0 Å². The van der Waals surface area contributed by atoms with Gasteiger partial charge in [0.05, 0.1) is 35.7 Å². The topological polar surface area (TPSA) is 85.5 Å². The molecular weight excluding hydrogens is 619 g/mol. The molecule has 12 heteroatoms. The zero-order valence-corrected chi connectivity index (χ0v) is 25.5. The fourth-order valence-electron chi connectivity index (χ4n) is 4.75. The zero-order chi connectivity index (χ0) is 31.2. The van der Waals surface area contributed by atoms with Gasteiger partial charge in [0.15, 0.2) is 0 Å². The van der Waals surface area contributed by atoms with Crippen molar-refractivity contribution >= 4 is 33.3 Å². The molecule has 5 aromatic rings. The van der Waals surface area contributed by atoms with Crippen LogP contribution in [0.3, 0.4) is 0 Å². The number of hydrogen-bond acceptors (Lipinski definition) is 7. The van der Waals surface area contributed by atoms with E-state index in [9.17, 15) is 17.2 Å². The Morgan fingerprint density at radius 2 is 1.47 bits per heavy atom. The first-order valence-electron chi connectivity index (χ1n) is 14.1. The van der Waals surface area contributed by atoms with Crippen LogP contribution in [0.1, 0.15) is 5.56 Å². The van der Waals surface area contributed by atoms with Gasteiger partial charge in [0, 0.05) is 24.0 Å². The van der Waals surface area contributed by atoms with Crippen molar-refractivity contribution in [2.45, 2.75) is 11.5 Å². The van der Waals surface area contributed by atoms with Crippen molar-refractivity contribution in [2.75, 3.05) is 26.3 Å². The van der Waals surface area contributed by atoms with E-state index in [0.717, 1.165) is 22.4 Å². The zero-order valence-electron chi connectivity index (χ0n) is 23.9. The van der Waals surface area contributed by atoms with Gasteiger partial charge in [-0.1, -0.05) is 54.6 Å². The molecule has 4 aromatic carbocycles. The van der Waals surface area contributed by atoms with E-state index in [1.165, 1.54) is 27.8 Å². The van der Waals surface area contributed by atoms with Crippen molar-refractivity contribution in [3.05, 3.63) is 119 Å². The van der Waals surface area contributed by atoms with E-state index in [0.29, 0.717) is 42.4 Å². The summed E-state index contributed by atoms with van der Waals surface area (Å²) in [5.74, 6) is 0.0549. The van der Waals surface area contributed by atoms with Crippen LogP contribution in [0.25, 0.3) is 22.4 Å². The molecule has 0 N–H and O–H groups in total. The number of rotatable bonds is 9. The van der Waals surface area contributed by atoms with E-state index < -0.39 is 16.6 Å². The van der Waals surface area contributed by atoms with E-state index in [4.69, 9.17) is 14.8 Å². The van der Waals surface area contributed by atoms with Crippen molar-refractivity contribution in [3.8, 4) is 28.1 Å². The quantitative estimate of drug-likeness (QED) is 0.169. The second kappa shape index (κ2) is 13.7. The lowest BCUT2D eigenvalue weighted by Crippen LogP contribution is -2.40. The molecule has 8 nitrogen and oxygen atoms in total. The smallest absolute Gasteiger partial charge is 0.387 e. The van der Waals surface area contributed by atoms with Crippen LogP contribution >= 0.6 is 11.3 Å². The molecule has 0 unspecified atom stereocenters. The Hall–Kier alpha value is -4.49. The van der Waals surface area contributed by atoms with E-state index in [1.807, 2.05) is 47.8 Å². The summed E-state index contributed by atoms with van der Waals surface area (Å²) in [4.78, 5) is 5.53. The summed E-state index contributed by atoms with van der Waals surface area (Å²) in [6.45, 7) is -1.52. The molecule has 1 aromatic heterocycles. The van der Waals surface area contributed by atoms with E-state index in [2.05, 4.69) is 16.9 Å². The lowest BCUT2D eigenvalue weighted by molar-refractivity contribution is -0.0498. The lowest BCUT2D eigenvalue weighted by Gasteiger charge is -2.26. The first-order chi connectivity index (χ1) is 21.9. The molecule has 1 fully saturated rings. The van der Waals surface area contributed by atoms with Gasteiger partial charge in [-0.15, -0.1) is 11.3 Å². The second-order valence-corrected chi connectivity index (χ2v) is 12.7. The normalized spacial score (nSPS) is 14.8. The number of aromatic nitrogens is 1. The first kappa shape index (κ1) is 30.5. The second-order valence-electron chi connectivity index (χ2n) is 9.97. The predicted octanol–water partition coefficient (Wildman–Crippen LogP) is 6.62. The van der Waals surface area contributed by atoms with Crippen molar-refractivity contribution in [1.82, 2.24) is 8.98 Å². The highest BCUT2D eigenvalue weighted by molar-refractivity contribution is 7.89. The third kappa shape index (κ3) is 7.26. The Labute approximate surface area is 263 Å². The molecule has 0 amide bonds. The number of hydrogen-bond donors (Lipinski definition) is 0. The molecule has 1 aliphatic rings. The number of alkyl halides is 2. The van der Waals surface area contributed by atoms with Crippen LogP contribution in [0.2, 0.25) is 0 Å². The molecule has 45 heavy (non-hydrogen) atoms. The van der Waals surface area contributed by atoms with Crippen LogP contribution < -0.4 is 9.54 Å². The highest BCUT2D eigenvalue weighted by Crippen LogP contribution is 2.26. The number of sulfonamides is 1. The summed E-state index contributed by atoms with van der Waals surface area (Å²) in [7, 11) is -3.63. The fraction of sp³-hybridized carbons (Fsp3) is 0.152. The maximum Gasteiger partial charge on any atom is 0.387 e. The summed E-state index contributed by atoms with van der Waals surface area (Å²) in [5, 5.41) is 6.65. The van der Waals surface area contributed by atoms with Gasteiger partial charge in [0.2, 0.25) is 14.8 Å². The molecule has 0 radical (unpaired) electrons. The largest absolute Gasteiger partial charge is 0.435 e. The van der Waals surface area contributed by atoms with E-state index in [1.54, 1.807) is 47.3 Å². The average Bonchev–Trinajstić information content (AvgIpc) is 3.47. The monoisotopic (exact) mass is 646 g/mol. The fourth-order valence-corrected chi connectivity index (χ4v) is 7.01. The average molecular weight is 647 g/mol. The summed E-state index contributed by atoms with van der Waals surface area (Å²) < 4.78 is 64.1. The lowest BCUT2D eigenvalue weighted by atomic mass is 10.0. The SMILES string of the molecule is O=S(=O)(c1ccc(N=c2scc(-c3ccc(-c4ccccc4)cc3)n2/N=C\c2ccc(OC(F)F)cc2)cc1)N1CCOCC1. The Morgan fingerprint density at radius 1 is 0.822 bits per heavy atom. The Balaban J connectivity index is 1.34. The van der Waals surface area contributed by atoms with E-state index >= 15 is 0 Å². The van der Waals surface area contributed by atoms with Crippen LogP contribution in [-0.4, -0.2) is 56.5 Å². The summed E-state index contributed by atoms with van der Waals surface area (Å²) in [6.07, 6.45) is 1.61. The standard InChI is InChI=1S/C33H28F2N4O4S2/c34-32(35)43-29-14-6-24(7-15-29)22-36-39-31(27-10-8-26(9-11-27)25-4-2-1-3-5-25)23-44-33(39)37-28-12-16-30(17-13-28)45(40,41)38-18-20-42-21-19-38/h1-17,22-23,32H,18-21H2/b36-22-,37-33?. The first-order valence-corrected chi connectivity index (χ1v) is 16.4. The highest BCUT2D eigenvalue weighted by atomic mass is 32.2. The van der Waals surface area contributed by atoms with Crippen molar-refractivity contribution < 1.29 is 26.7 Å². The van der Waals surface area contributed by atoms with Gasteiger partial charge >= 0.3 is 6.61 Å². The third-order valence-electron chi connectivity index (χ3n) is 7.07. The third-order valence-corrected chi connectivity index (χ3v) is 9.80. The number of halogens is 2. The molecule has 0 aliphatic carbocycles. The van der Waals surface area contributed by atoms with Gasteiger partial charge in [0.25, 0.3) is 0 Å². The van der Waals surface area contributed by atoms with E-state index in [-0.39, 0.29) is 10.6 Å². The number of nitrogens with zero attached hydrogens (tertiary/aromatic N) is 4. The molecule has 0 bridgehead atoms. The minimum absolute atomic E-state index is 0.0549. The van der Waals surface area contributed by atoms with Crippen molar-refractivity contribution in [2.24, 2.45) is 10.1 Å². The molecule has 0 spiro atoms. The van der Waals surface area contributed by atoms with Gasteiger partial charge < -0.3 is 9.47 Å². The van der Waals surface area contributed by atoms with Gasteiger partial charge in [-0.05, 0) is 65.2 Å². The van der Waals surface area contributed by atoms with Crippen LogP contribution in [0, 0.1) is 0 Å². The van der Waals surface area contributed by atoms with Gasteiger partial charge in [-0.2, -0.15) is 18.2 Å². The minimum atomic E-state index is -3.63. The Morgan fingerprint density at radius 3 is 2.13 bits per heavy atom. The van der Waals surface area contributed by atoms with Crippen LogP contribution in [0.5, 0.6) is 5.75 Å². The maximum absolute atomic E-state index is 13.1.